The number of nitrogens with zero attached hydrogens (tertiary/aromatic N) is 2. The normalized spacial score (nSPS) is 19.9. The highest BCUT2D eigenvalue weighted by Gasteiger charge is 2.23. The average Bonchev–Trinajstić information content (AvgIpc) is 2.84. The van der Waals surface area contributed by atoms with Crippen LogP contribution >= 0.6 is 0 Å². The second kappa shape index (κ2) is 5.82. The molecular weight excluding hydrogens is 228 g/mol. The first kappa shape index (κ1) is 12.8. The topological polar surface area (TPSA) is 71.2 Å². The van der Waals surface area contributed by atoms with Crippen LogP contribution in [0, 0.1) is 0 Å². The van der Waals surface area contributed by atoms with Crippen LogP contribution in [0.2, 0.25) is 0 Å². The molecule has 3 N–H and O–H groups in total. The molecule has 1 aromatic rings. The van der Waals surface area contributed by atoms with E-state index in [9.17, 15) is 4.79 Å². The van der Waals surface area contributed by atoms with Crippen LogP contribution in [-0.2, 0) is 0 Å². The van der Waals surface area contributed by atoms with Crippen LogP contribution in [0.15, 0.2) is 18.3 Å². The molecule has 1 aliphatic rings. The summed E-state index contributed by atoms with van der Waals surface area (Å²) in [6.07, 6.45) is 4.10. The summed E-state index contributed by atoms with van der Waals surface area (Å²) in [5, 5.41) is 3.25. The molecule has 0 radical (unpaired) electrons. The summed E-state index contributed by atoms with van der Waals surface area (Å²) in [7, 11) is 0. The van der Waals surface area contributed by atoms with Crippen LogP contribution in [-0.4, -0.2) is 41.5 Å². The Balaban J connectivity index is 2.00. The fourth-order valence-electron chi connectivity index (χ4n) is 2.50. The molecule has 0 saturated carbocycles. The second-order valence-electron chi connectivity index (χ2n) is 4.57. The highest BCUT2D eigenvalue weighted by molar-refractivity contribution is 5.97. The lowest BCUT2D eigenvalue weighted by molar-refractivity contribution is 0.100. The molecular formula is C13H20N4O. The molecule has 0 aromatic carbocycles. The number of carbonyl (C=O) groups is 1. The minimum absolute atomic E-state index is 0.440. The van der Waals surface area contributed by atoms with Gasteiger partial charge in [0.2, 0.25) is 0 Å². The predicted octanol–water partition coefficient (Wildman–Crippen LogP) is 1.08. The molecule has 1 saturated heterocycles. The van der Waals surface area contributed by atoms with Crippen LogP contribution < -0.4 is 11.1 Å². The van der Waals surface area contributed by atoms with Gasteiger partial charge >= 0.3 is 0 Å². The smallest absolute Gasteiger partial charge is 0.252 e. The third-order valence-electron chi connectivity index (χ3n) is 3.48. The van der Waals surface area contributed by atoms with Gasteiger partial charge in [-0.1, -0.05) is 6.92 Å². The zero-order chi connectivity index (χ0) is 13.0. The SMILES string of the molecule is CCN1CCCC1CNc1ncccc1C(N)=O. The van der Waals surface area contributed by atoms with Gasteiger partial charge in [-0.15, -0.1) is 0 Å². The maximum Gasteiger partial charge on any atom is 0.252 e. The average molecular weight is 248 g/mol. The highest BCUT2D eigenvalue weighted by atomic mass is 16.1. The van der Waals surface area contributed by atoms with E-state index in [1.54, 1.807) is 18.3 Å². The third-order valence-corrected chi connectivity index (χ3v) is 3.48. The van der Waals surface area contributed by atoms with E-state index in [1.165, 1.54) is 12.8 Å². The number of aromatic nitrogens is 1. The van der Waals surface area contributed by atoms with Crippen molar-refractivity contribution < 1.29 is 4.79 Å². The number of hydrogen-bond donors (Lipinski definition) is 2. The van der Waals surface area contributed by atoms with Crippen molar-refractivity contribution in [2.24, 2.45) is 5.73 Å². The number of rotatable bonds is 5. The summed E-state index contributed by atoms with van der Waals surface area (Å²) in [5.74, 6) is 0.150. The van der Waals surface area contributed by atoms with E-state index in [4.69, 9.17) is 5.73 Å². The Kier molecular flexibility index (Phi) is 4.15. The fourth-order valence-corrected chi connectivity index (χ4v) is 2.50. The molecule has 1 fully saturated rings. The Bertz CT molecular complexity index is 421. The lowest BCUT2D eigenvalue weighted by Crippen LogP contribution is -2.35. The van der Waals surface area contributed by atoms with Crippen molar-refractivity contribution in [1.82, 2.24) is 9.88 Å². The molecule has 2 rings (SSSR count). The van der Waals surface area contributed by atoms with Crippen LogP contribution in [0.5, 0.6) is 0 Å². The molecule has 5 nitrogen and oxygen atoms in total. The molecule has 2 heterocycles. The van der Waals surface area contributed by atoms with Gasteiger partial charge in [0.25, 0.3) is 5.91 Å². The molecule has 1 aromatic heterocycles. The lowest BCUT2D eigenvalue weighted by Gasteiger charge is -2.23. The maximum atomic E-state index is 11.3. The van der Waals surface area contributed by atoms with E-state index < -0.39 is 5.91 Å². The molecule has 0 bridgehead atoms. The van der Waals surface area contributed by atoms with Crippen molar-refractivity contribution in [2.75, 3.05) is 25.0 Å². The van der Waals surface area contributed by atoms with Gasteiger partial charge in [-0.25, -0.2) is 4.98 Å². The van der Waals surface area contributed by atoms with Crippen LogP contribution in [0.4, 0.5) is 5.82 Å². The largest absolute Gasteiger partial charge is 0.368 e. The van der Waals surface area contributed by atoms with E-state index in [-0.39, 0.29) is 0 Å². The minimum Gasteiger partial charge on any atom is -0.368 e. The number of hydrogen-bond acceptors (Lipinski definition) is 4. The highest BCUT2D eigenvalue weighted by Crippen LogP contribution is 2.18. The number of nitrogens with one attached hydrogen (secondary N) is 1. The summed E-state index contributed by atoms with van der Waals surface area (Å²) >= 11 is 0. The summed E-state index contributed by atoms with van der Waals surface area (Å²) in [6, 6.07) is 3.95. The number of pyridine rings is 1. The van der Waals surface area contributed by atoms with Crippen LogP contribution in [0.1, 0.15) is 30.1 Å². The Labute approximate surface area is 107 Å². The van der Waals surface area contributed by atoms with Gasteiger partial charge in [-0.3, -0.25) is 9.69 Å². The maximum absolute atomic E-state index is 11.3. The van der Waals surface area contributed by atoms with Crippen molar-refractivity contribution >= 4 is 11.7 Å². The van der Waals surface area contributed by atoms with Gasteiger partial charge in [0.05, 0.1) is 5.56 Å². The number of primary amides is 1. The standard InChI is InChI=1S/C13H20N4O/c1-2-17-8-4-5-10(17)9-16-13-11(12(14)18)6-3-7-15-13/h3,6-7,10H,2,4-5,8-9H2,1H3,(H2,14,18)(H,15,16). The first-order valence-corrected chi connectivity index (χ1v) is 6.45. The van der Waals surface area contributed by atoms with E-state index in [2.05, 4.69) is 22.1 Å². The van der Waals surface area contributed by atoms with E-state index in [0.717, 1.165) is 19.6 Å². The Hall–Kier alpha value is -1.62. The quantitative estimate of drug-likeness (QED) is 0.818. The summed E-state index contributed by atoms with van der Waals surface area (Å²) < 4.78 is 0. The number of anilines is 1. The van der Waals surface area contributed by atoms with E-state index >= 15 is 0 Å². The molecule has 1 amide bonds. The van der Waals surface area contributed by atoms with E-state index in [0.29, 0.717) is 17.4 Å². The summed E-state index contributed by atoms with van der Waals surface area (Å²) in [4.78, 5) is 17.9. The van der Waals surface area contributed by atoms with Crippen LogP contribution in [0.3, 0.4) is 0 Å². The lowest BCUT2D eigenvalue weighted by atomic mass is 10.2. The van der Waals surface area contributed by atoms with Gasteiger partial charge < -0.3 is 11.1 Å². The van der Waals surface area contributed by atoms with Gasteiger partial charge in [0.15, 0.2) is 0 Å². The van der Waals surface area contributed by atoms with E-state index in [1.807, 2.05) is 0 Å². The third kappa shape index (κ3) is 2.79. The predicted molar refractivity (Wildman–Crippen MR) is 71.5 cm³/mol. The number of likely N-dealkylation sites (tertiary alicyclic amines) is 1. The Morgan fingerprint density at radius 2 is 2.50 bits per heavy atom. The molecule has 0 spiro atoms. The van der Waals surface area contributed by atoms with Gasteiger partial charge in [0.1, 0.15) is 5.82 Å². The first-order valence-electron chi connectivity index (χ1n) is 6.45. The zero-order valence-electron chi connectivity index (χ0n) is 10.7. The molecule has 98 valence electrons. The molecule has 1 aliphatic heterocycles. The summed E-state index contributed by atoms with van der Waals surface area (Å²) in [5.41, 5.74) is 5.78. The van der Waals surface area contributed by atoms with Crippen molar-refractivity contribution in [3.63, 3.8) is 0 Å². The molecule has 5 heteroatoms. The number of carbonyl (C=O) groups excluding carboxylic acids is 1. The molecule has 0 aliphatic carbocycles. The Morgan fingerprint density at radius 1 is 1.67 bits per heavy atom. The van der Waals surface area contributed by atoms with Crippen molar-refractivity contribution in [1.29, 1.82) is 0 Å². The van der Waals surface area contributed by atoms with Crippen LogP contribution in [0.25, 0.3) is 0 Å². The van der Waals surface area contributed by atoms with Crippen molar-refractivity contribution in [3.05, 3.63) is 23.9 Å². The molecule has 1 unspecified atom stereocenters. The zero-order valence-corrected chi connectivity index (χ0v) is 10.7. The number of likely N-dealkylation sites (N-methyl/N-ethyl adjacent to an activating group) is 1. The fraction of sp³-hybridized carbons (Fsp3) is 0.538. The van der Waals surface area contributed by atoms with Gasteiger partial charge in [0, 0.05) is 18.8 Å². The number of nitrogens with two attached hydrogens (primary N) is 1. The van der Waals surface area contributed by atoms with Gasteiger partial charge in [-0.2, -0.15) is 0 Å². The minimum atomic E-state index is -0.440. The van der Waals surface area contributed by atoms with Crippen molar-refractivity contribution in [2.45, 2.75) is 25.8 Å². The Morgan fingerprint density at radius 3 is 3.22 bits per heavy atom. The number of amides is 1. The molecule has 18 heavy (non-hydrogen) atoms. The van der Waals surface area contributed by atoms with Crippen molar-refractivity contribution in [3.8, 4) is 0 Å². The first-order chi connectivity index (χ1) is 8.72. The summed E-state index contributed by atoms with van der Waals surface area (Å²) in [6.45, 7) is 5.21. The monoisotopic (exact) mass is 248 g/mol. The second-order valence-corrected chi connectivity index (χ2v) is 4.57. The molecule has 1 atom stereocenters. The van der Waals surface area contributed by atoms with Gasteiger partial charge in [-0.05, 0) is 38.1 Å².